The van der Waals surface area contributed by atoms with Crippen molar-refractivity contribution in [1.29, 1.82) is 0 Å². The molecule has 3 heterocycles. The molecule has 0 bridgehead atoms. The molecule has 1 aliphatic rings. The Morgan fingerprint density at radius 1 is 0.897 bits per heavy atom. The van der Waals surface area contributed by atoms with Crippen LogP contribution in [-0.4, -0.2) is 60.6 Å². The number of carboxylic acids is 1. The molecule has 10 nitrogen and oxygen atoms in total. The molecule has 0 atom stereocenters. The van der Waals surface area contributed by atoms with Gasteiger partial charge in [0.25, 0.3) is 10.0 Å². The van der Waals surface area contributed by atoms with Crippen LogP contribution in [0.3, 0.4) is 0 Å². The molecule has 2 N–H and O–H groups in total. The zero-order valence-electron chi connectivity index (χ0n) is 20.7. The first-order chi connectivity index (χ1) is 17.3. The van der Waals surface area contributed by atoms with Gasteiger partial charge in [0.1, 0.15) is 5.82 Å². The Labute approximate surface area is 244 Å². The summed E-state index contributed by atoms with van der Waals surface area (Å²) < 4.78 is 28.1. The van der Waals surface area contributed by atoms with Gasteiger partial charge in [-0.05, 0) is 49.4 Å². The highest BCUT2D eigenvalue weighted by atomic mass is 35.5. The Morgan fingerprint density at radius 2 is 1.51 bits per heavy atom. The molecule has 2 aromatic heterocycles. The molecule has 0 saturated carbocycles. The van der Waals surface area contributed by atoms with Crippen molar-refractivity contribution < 1.29 is 18.3 Å². The summed E-state index contributed by atoms with van der Waals surface area (Å²) in [6, 6.07) is 14.5. The van der Waals surface area contributed by atoms with Crippen molar-refractivity contribution in [3.8, 4) is 0 Å². The van der Waals surface area contributed by atoms with Crippen LogP contribution in [-0.2, 0) is 10.0 Å². The lowest BCUT2D eigenvalue weighted by Gasteiger charge is -2.35. The Hall–Kier alpha value is -3.38. The first-order valence-electron chi connectivity index (χ1n) is 11.3. The molecular weight excluding hydrogens is 587 g/mol. The number of anilines is 3. The maximum atomic E-state index is 12.8. The van der Waals surface area contributed by atoms with Gasteiger partial charge in [-0.15, -0.1) is 37.2 Å². The number of piperazine rings is 1. The van der Waals surface area contributed by atoms with E-state index in [1.165, 1.54) is 24.3 Å². The van der Waals surface area contributed by atoms with Crippen LogP contribution >= 0.6 is 37.2 Å². The Balaban J connectivity index is 0.00000178. The number of aromatic carboxylic acids is 1. The topological polar surface area (TPSA) is 129 Å². The molecule has 4 aromatic rings. The van der Waals surface area contributed by atoms with E-state index in [-0.39, 0.29) is 53.4 Å². The summed E-state index contributed by atoms with van der Waals surface area (Å²) in [4.78, 5) is 29.6. The Morgan fingerprint density at radius 3 is 2.13 bits per heavy atom. The van der Waals surface area contributed by atoms with E-state index >= 15 is 0 Å². The Kier molecular flexibility index (Phi) is 10.7. The minimum Gasteiger partial charge on any atom is -0.478 e. The monoisotopic (exact) mass is 612 g/mol. The number of sulfonamides is 1. The molecule has 0 unspecified atom stereocenters. The van der Waals surface area contributed by atoms with E-state index in [0.29, 0.717) is 48.8 Å². The molecule has 0 radical (unpaired) electrons. The molecule has 0 amide bonds. The maximum Gasteiger partial charge on any atom is 0.336 e. The smallest absolute Gasteiger partial charge is 0.336 e. The highest BCUT2D eigenvalue weighted by Gasteiger charge is 2.22. The fraction of sp³-hybridized carbons (Fsp3) is 0.200. The predicted octanol–water partition coefficient (Wildman–Crippen LogP) is 4.42. The number of hydrogen-bond donors (Lipinski definition) is 2. The van der Waals surface area contributed by atoms with E-state index in [1.807, 2.05) is 11.8 Å². The van der Waals surface area contributed by atoms with E-state index in [4.69, 9.17) is 0 Å². The molecule has 1 aliphatic heterocycles. The number of aromatic nitrogens is 3. The molecule has 39 heavy (non-hydrogen) atoms. The fourth-order valence-electron chi connectivity index (χ4n) is 4.14. The van der Waals surface area contributed by atoms with Gasteiger partial charge >= 0.3 is 5.97 Å². The summed E-state index contributed by atoms with van der Waals surface area (Å²) in [6.45, 7) is 4.48. The first kappa shape index (κ1) is 31.8. The molecule has 14 heteroatoms. The van der Waals surface area contributed by atoms with Gasteiger partial charge in [-0.1, -0.05) is 17.7 Å². The summed E-state index contributed by atoms with van der Waals surface area (Å²) >= 11 is 0. The van der Waals surface area contributed by atoms with Crippen LogP contribution in [0.25, 0.3) is 10.9 Å². The number of hydrogen-bond acceptors (Lipinski definition) is 8. The van der Waals surface area contributed by atoms with E-state index in [0.717, 1.165) is 5.56 Å². The highest BCUT2D eigenvalue weighted by Crippen LogP contribution is 2.28. The van der Waals surface area contributed by atoms with Gasteiger partial charge in [0.2, 0.25) is 5.95 Å². The Bertz CT molecular complexity index is 1540. The van der Waals surface area contributed by atoms with Crippen molar-refractivity contribution in [2.45, 2.75) is 11.8 Å². The van der Waals surface area contributed by atoms with Gasteiger partial charge in [-0.2, -0.15) is 0 Å². The van der Waals surface area contributed by atoms with Crippen LogP contribution in [0.1, 0.15) is 15.9 Å². The average molecular weight is 614 g/mol. The molecule has 1 saturated heterocycles. The van der Waals surface area contributed by atoms with Crippen molar-refractivity contribution in [2.75, 3.05) is 40.7 Å². The number of nitrogens with one attached hydrogen (secondary N) is 1. The van der Waals surface area contributed by atoms with Crippen molar-refractivity contribution in [2.24, 2.45) is 0 Å². The lowest BCUT2D eigenvalue weighted by atomic mass is 10.1. The number of benzene rings is 2. The van der Waals surface area contributed by atoms with Gasteiger partial charge in [0, 0.05) is 49.6 Å². The zero-order valence-corrected chi connectivity index (χ0v) is 24.0. The minimum absolute atomic E-state index is 0. The zero-order chi connectivity index (χ0) is 25.3. The number of aryl methyl sites for hydroxylation is 1. The first-order valence-corrected chi connectivity index (χ1v) is 12.8. The number of carbonyl (C=O) groups is 1. The van der Waals surface area contributed by atoms with Crippen LogP contribution in [0, 0.1) is 6.92 Å². The third-order valence-electron chi connectivity index (χ3n) is 6.05. The van der Waals surface area contributed by atoms with Gasteiger partial charge < -0.3 is 14.9 Å². The number of halogens is 3. The molecule has 5 rings (SSSR count). The number of carboxylic acid groups (broad SMARTS) is 1. The van der Waals surface area contributed by atoms with Gasteiger partial charge in [-0.25, -0.2) is 28.2 Å². The summed E-state index contributed by atoms with van der Waals surface area (Å²) in [5.74, 6) is 0.107. The maximum absolute atomic E-state index is 12.8. The summed E-state index contributed by atoms with van der Waals surface area (Å²) in [6.07, 6.45) is 3.40. The fourth-order valence-corrected chi connectivity index (χ4v) is 5.19. The van der Waals surface area contributed by atoms with E-state index < -0.39 is 16.0 Å². The number of pyridine rings is 1. The van der Waals surface area contributed by atoms with Gasteiger partial charge in [0.05, 0.1) is 16.0 Å². The third kappa shape index (κ3) is 6.99. The minimum atomic E-state index is -3.83. The third-order valence-corrected chi connectivity index (χ3v) is 7.44. The number of fused-ring (bicyclic) bond motifs is 1. The molecule has 2 aromatic carbocycles. The standard InChI is InChI=1S/C25H24N6O4S.3ClH/c1-17-3-6-19(7-4-17)36(34,35)29-18-5-8-22-20(15-18)21(24(32)33)16-23(28-22)30-11-13-31(14-12-30)25-26-9-2-10-27-25;;;/h2-10,15-16,29H,11-14H2,1H3,(H,32,33);3*1H. The lowest BCUT2D eigenvalue weighted by molar-refractivity contribution is 0.0699. The molecule has 1 fully saturated rings. The predicted molar refractivity (Wildman–Crippen MR) is 159 cm³/mol. The quantitative estimate of drug-likeness (QED) is 0.325. The SMILES string of the molecule is Cc1ccc(S(=O)(=O)Nc2ccc3nc(N4CCN(c5ncccn5)CC4)cc(C(=O)O)c3c2)cc1.Cl.Cl.Cl. The van der Waals surface area contributed by atoms with E-state index in [2.05, 4.69) is 24.6 Å². The molecule has 208 valence electrons. The van der Waals surface area contributed by atoms with Crippen LogP contribution < -0.4 is 14.5 Å². The summed E-state index contributed by atoms with van der Waals surface area (Å²) in [7, 11) is -3.83. The van der Waals surface area contributed by atoms with Crippen molar-refractivity contribution in [3.05, 3.63) is 78.1 Å². The van der Waals surface area contributed by atoms with Gasteiger partial charge in [-0.3, -0.25) is 4.72 Å². The van der Waals surface area contributed by atoms with Crippen molar-refractivity contribution in [1.82, 2.24) is 15.0 Å². The largest absolute Gasteiger partial charge is 0.478 e. The number of nitrogens with zero attached hydrogens (tertiary/aromatic N) is 5. The van der Waals surface area contributed by atoms with Crippen LogP contribution in [0.4, 0.5) is 17.5 Å². The molecular formula is C25H27Cl3N6O4S. The average Bonchev–Trinajstić information content (AvgIpc) is 2.88. The number of rotatable bonds is 6. The summed E-state index contributed by atoms with van der Waals surface area (Å²) in [5, 5.41) is 10.3. The molecule has 0 spiro atoms. The van der Waals surface area contributed by atoms with Crippen LogP contribution in [0.15, 0.2) is 71.9 Å². The normalized spacial score (nSPS) is 13.1. The van der Waals surface area contributed by atoms with E-state index in [1.54, 1.807) is 42.7 Å². The lowest BCUT2D eigenvalue weighted by Crippen LogP contribution is -2.47. The summed E-state index contributed by atoms with van der Waals surface area (Å²) in [5.41, 5.74) is 1.73. The second-order valence-electron chi connectivity index (χ2n) is 8.51. The second kappa shape index (κ2) is 13.1. The molecule has 0 aliphatic carbocycles. The van der Waals surface area contributed by atoms with E-state index in [9.17, 15) is 18.3 Å². The van der Waals surface area contributed by atoms with Crippen LogP contribution in [0.2, 0.25) is 0 Å². The highest BCUT2D eigenvalue weighted by molar-refractivity contribution is 7.92. The van der Waals surface area contributed by atoms with Gasteiger partial charge in [0.15, 0.2) is 0 Å². The van der Waals surface area contributed by atoms with Crippen molar-refractivity contribution in [3.63, 3.8) is 0 Å². The van der Waals surface area contributed by atoms with Crippen molar-refractivity contribution >= 4 is 81.6 Å². The van der Waals surface area contributed by atoms with Crippen LogP contribution in [0.5, 0.6) is 0 Å². The second-order valence-corrected chi connectivity index (χ2v) is 10.2.